The molecule has 0 aromatic heterocycles. The highest BCUT2D eigenvalue weighted by molar-refractivity contribution is 9.10. The van der Waals surface area contributed by atoms with Gasteiger partial charge in [-0.2, -0.15) is 0 Å². The van der Waals surface area contributed by atoms with E-state index < -0.39 is 0 Å². The smallest absolute Gasteiger partial charge is 0.0516 e. The third-order valence-corrected chi connectivity index (χ3v) is 4.01. The van der Waals surface area contributed by atoms with Crippen LogP contribution in [0.25, 0.3) is 0 Å². The van der Waals surface area contributed by atoms with Crippen molar-refractivity contribution in [2.24, 2.45) is 0 Å². The molecule has 1 fully saturated rings. The van der Waals surface area contributed by atoms with E-state index in [-0.39, 0.29) is 0 Å². The quantitative estimate of drug-likeness (QED) is 0.820. The Bertz CT molecular complexity index is 344. The number of anilines is 1. The van der Waals surface area contributed by atoms with Crippen LogP contribution in [-0.4, -0.2) is 6.04 Å². The molecule has 1 saturated carbocycles. The SMILES string of the molecule is Cc1cc(C)c(NC2CCCCC2)c(Br)c1. The second kappa shape index (κ2) is 5.22. The normalized spacial score (nSPS) is 17.4. The van der Waals surface area contributed by atoms with Gasteiger partial charge in [-0.05, 0) is 59.8 Å². The first-order valence-electron chi connectivity index (χ1n) is 6.20. The third-order valence-electron chi connectivity index (χ3n) is 3.39. The van der Waals surface area contributed by atoms with Crippen LogP contribution in [0.1, 0.15) is 43.2 Å². The highest BCUT2D eigenvalue weighted by Crippen LogP contribution is 2.30. The molecule has 0 amide bonds. The van der Waals surface area contributed by atoms with Gasteiger partial charge < -0.3 is 5.32 Å². The van der Waals surface area contributed by atoms with E-state index in [0.717, 1.165) is 0 Å². The highest BCUT2D eigenvalue weighted by atomic mass is 79.9. The number of halogens is 1. The summed E-state index contributed by atoms with van der Waals surface area (Å²) in [5.41, 5.74) is 3.95. The van der Waals surface area contributed by atoms with Gasteiger partial charge in [-0.3, -0.25) is 0 Å². The monoisotopic (exact) mass is 281 g/mol. The van der Waals surface area contributed by atoms with Gasteiger partial charge >= 0.3 is 0 Å². The Balaban J connectivity index is 2.14. The molecule has 88 valence electrons. The molecule has 2 heteroatoms. The zero-order valence-corrected chi connectivity index (χ0v) is 11.7. The Labute approximate surface area is 107 Å². The van der Waals surface area contributed by atoms with E-state index in [2.05, 4.69) is 47.2 Å². The molecule has 16 heavy (non-hydrogen) atoms. The Morgan fingerprint density at radius 1 is 1.12 bits per heavy atom. The predicted molar refractivity (Wildman–Crippen MR) is 74.1 cm³/mol. The van der Waals surface area contributed by atoms with Crippen molar-refractivity contribution in [1.82, 2.24) is 0 Å². The van der Waals surface area contributed by atoms with E-state index in [9.17, 15) is 0 Å². The number of hydrogen-bond acceptors (Lipinski definition) is 1. The summed E-state index contributed by atoms with van der Waals surface area (Å²) in [6.07, 6.45) is 6.80. The second-order valence-electron chi connectivity index (χ2n) is 4.92. The average molecular weight is 282 g/mol. The lowest BCUT2D eigenvalue weighted by atomic mass is 9.95. The van der Waals surface area contributed by atoms with Crippen LogP contribution < -0.4 is 5.32 Å². The summed E-state index contributed by atoms with van der Waals surface area (Å²) in [6.45, 7) is 4.32. The maximum absolute atomic E-state index is 3.70. The van der Waals surface area contributed by atoms with Crippen molar-refractivity contribution in [3.8, 4) is 0 Å². The molecular formula is C14H20BrN. The van der Waals surface area contributed by atoms with Crippen molar-refractivity contribution in [3.63, 3.8) is 0 Å². The molecule has 0 heterocycles. The standard InChI is InChI=1S/C14H20BrN/c1-10-8-11(2)14(13(15)9-10)16-12-6-4-3-5-7-12/h8-9,12,16H,3-7H2,1-2H3. The summed E-state index contributed by atoms with van der Waals surface area (Å²) in [5, 5.41) is 3.70. The largest absolute Gasteiger partial charge is 0.381 e. The highest BCUT2D eigenvalue weighted by Gasteiger charge is 2.15. The van der Waals surface area contributed by atoms with Gasteiger partial charge in [0.25, 0.3) is 0 Å². The molecular weight excluding hydrogens is 262 g/mol. The van der Waals surface area contributed by atoms with Gasteiger partial charge in [-0.25, -0.2) is 0 Å². The van der Waals surface area contributed by atoms with Crippen molar-refractivity contribution in [2.45, 2.75) is 52.0 Å². The van der Waals surface area contributed by atoms with Crippen molar-refractivity contribution in [3.05, 3.63) is 27.7 Å². The van der Waals surface area contributed by atoms with Gasteiger partial charge in [0.2, 0.25) is 0 Å². The molecule has 0 radical (unpaired) electrons. The lowest BCUT2D eigenvalue weighted by Crippen LogP contribution is -2.22. The maximum Gasteiger partial charge on any atom is 0.0516 e. The van der Waals surface area contributed by atoms with Crippen molar-refractivity contribution in [2.75, 3.05) is 5.32 Å². The second-order valence-corrected chi connectivity index (χ2v) is 5.77. The van der Waals surface area contributed by atoms with Crippen LogP contribution in [0.15, 0.2) is 16.6 Å². The summed E-state index contributed by atoms with van der Waals surface area (Å²) >= 11 is 3.66. The molecule has 0 unspecified atom stereocenters. The van der Waals surface area contributed by atoms with Crippen LogP contribution >= 0.6 is 15.9 Å². The van der Waals surface area contributed by atoms with Crippen molar-refractivity contribution >= 4 is 21.6 Å². The van der Waals surface area contributed by atoms with Crippen LogP contribution in [-0.2, 0) is 0 Å². The van der Waals surface area contributed by atoms with E-state index in [4.69, 9.17) is 0 Å². The van der Waals surface area contributed by atoms with Crippen molar-refractivity contribution < 1.29 is 0 Å². The first-order chi connectivity index (χ1) is 7.66. The van der Waals surface area contributed by atoms with E-state index in [1.54, 1.807) is 0 Å². The summed E-state index contributed by atoms with van der Waals surface area (Å²) < 4.78 is 1.20. The Kier molecular flexibility index (Phi) is 3.91. The fourth-order valence-electron chi connectivity index (χ4n) is 2.55. The topological polar surface area (TPSA) is 12.0 Å². The fraction of sp³-hybridized carbons (Fsp3) is 0.571. The van der Waals surface area contributed by atoms with Gasteiger partial charge in [0.1, 0.15) is 0 Å². The number of benzene rings is 1. The molecule has 0 atom stereocenters. The molecule has 0 saturated heterocycles. The van der Waals surface area contributed by atoms with E-state index in [0.29, 0.717) is 6.04 Å². The minimum absolute atomic E-state index is 0.673. The van der Waals surface area contributed by atoms with E-state index in [1.165, 1.54) is 53.4 Å². The molecule has 1 aliphatic carbocycles. The summed E-state index contributed by atoms with van der Waals surface area (Å²) in [5.74, 6) is 0. The van der Waals surface area contributed by atoms with Gasteiger partial charge in [-0.1, -0.05) is 25.3 Å². The van der Waals surface area contributed by atoms with Crippen LogP contribution in [0.4, 0.5) is 5.69 Å². The van der Waals surface area contributed by atoms with Crippen molar-refractivity contribution in [1.29, 1.82) is 0 Å². The summed E-state index contributed by atoms with van der Waals surface area (Å²) in [4.78, 5) is 0. The Morgan fingerprint density at radius 3 is 2.44 bits per heavy atom. The minimum Gasteiger partial charge on any atom is -0.381 e. The maximum atomic E-state index is 3.70. The third kappa shape index (κ3) is 2.79. The van der Waals surface area contributed by atoms with Crippen LogP contribution in [0.2, 0.25) is 0 Å². The lowest BCUT2D eigenvalue weighted by molar-refractivity contribution is 0.462. The van der Waals surface area contributed by atoms with E-state index >= 15 is 0 Å². The molecule has 0 bridgehead atoms. The molecule has 1 aliphatic rings. The first kappa shape index (κ1) is 12.0. The fourth-order valence-corrected chi connectivity index (χ4v) is 3.34. The Morgan fingerprint density at radius 2 is 1.81 bits per heavy atom. The first-order valence-corrected chi connectivity index (χ1v) is 6.99. The molecule has 1 nitrogen and oxygen atoms in total. The predicted octanol–water partition coefficient (Wildman–Crippen LogP) is 4.81. The molecule has 1 aromatic carbocycles. The summed E-state index contributed by atoms with van der Waals surface area (Å²) in [6, 6.07) is 5.11. The zero-order chi connectivity index (χ0) is 11.5. The van der Waals surface area contributed by atoms with Gasteiger partial charge in [0, 0.05) is 10.5 Å². The van der Waals surface area contributed by atoms with E-state index in [1.807, 2.05) is 0 Å². The molecule has 0 spiro atoms. The molecule has 1 N–H and O–H groups in total. The number of hydrogen-bond donors (Lipinski definition) is 1. The minimum atomic E-state index is 0.673. The lowest BCUT2D eigenvalue weighted by Gasteiger charge is -2.25. The van der Waals surface area contributed by atoms with Gasteiger partial charge in [0.15, 0.2) is 0 Å². The summed E-state index contributed by atoms with van der Waals surface area (Å²) in [7, 11) is 0. The van der Waals surface area contributed by atoms with Gasteiger partial charge in [-0.15, -0.1) is 0 Å². The number of nitrogens with one attached hydrogen (secondary N) is 1. The zero-order valence-electron chi connectivity index (χ0n) is 10.1. The molecule has 2 rings (SSSR count). The molecule has 1 aromatic rings. The molecule has 0 aliphatic heterocycles. The number of rotatable bonds is 2. The average Bonchev–Trinajstić information content (AvgIpc) is 2.25. The van der Waals surface area contributed by atoms with Crippen LogP contribution in [0, 0.1) is 13.8 Å². The van der Waals surface area contributed by atoms with Crippen LogP contribution in [0.5, 0.6) is 0 Å². The van der Waals surface area contributed by atoms with Crippen LogP contribution in [0.3, 0.4) is 0 Å². The number of aryl methyl sites for hydroxylation is 2. The Hall–Kier alpha value is -0.500. The van der Waals surface area contributed by atoms with Gasteiger partial charge in [0.05, 0.1) is 5.69 Å².